The van der Waals surface area contributed by atoms with Crippen LogP contribution < -0.4 is 5.32 Å². The largest absolute Gasteiger partial charge is 0.383 e. The summed E-state index contributed by atoms with van der Waals surface area (Å²) in [5.41, 5.74) is 2.21. The van der Waals surface area contributed by atoms with E-state index in [2.05, 4.69) is 36.9 Å². The molecule has 2 rings (SSSR count). The minimum Gasteiger partial charge on any atom is -0.383 e. The maximum Gasteiger partial charge on any atom is 0.203 e. The van der Waals surface area contributed by atoms with E-state index < -0.39 is 0 Å². The third-order valence-corrected chi connectivity index (χ3v) is 3.60. The van der Waals surface area contributed by atoms with Crippen LogP contribution in [-0.2, 0) is 17.8 Å². The minimum absolute atomic E-state index is 0.680. The molecule has 4 nitrogen and oxygen atoms in total. The number of hydrogen-bond acceptors (Lipinski definition) is 3. The third kappa shape index (κ3) is 3.81. The molecule has 0 unspecified atom stereocenters. The van der Waals surface area contributed by atoms with E-state index in [1.165, 1.54) is 5.56 Å². The lowest BCUT2D eigenvalue weighted by Gasteiger charge is -2.10. The number of benzene rings is 1. The molecule has 0 aliphatic carbocycles. The smallest absolute Gasteiger partial charge is 0.203 e. The van der Waals surface area contributed by atoms with Crippen molar-refractivity contribution in [1.82, 2.24) is 9.55 Å². The summed E-state index contributed by atoms with van der Waals surface area (Å²) in [5, 5.41) is 3.37. The molecule has 1 aromatic heterocycles. The second-order valence-electron chi connectivity index (χ2n) is 4.34. The zero-order chi connectivity index (χ0) is 13.7. The van der Waals surface area contributed by atoms with Crippen LogP contribution in [0.1, 0.15) is 11.3 Å². The molecule has 0 aliphatic rings. The monoisotopic (exact) mass is 323 g/mol. The molecule has 0 atom stereocenters. The Bertz CT molecular complexity index is 539. The molecule has 2 aromatic rings. The van der Waals surface area contributed by atoms with Crippen LogP contribution in [0.3, 0.4) is 0 Å². The van der Waals surface area contributed by atoms with Gasteiger partial charge in [-0.05, 0) is 18.6 Å². The quantitative estimate of drug-likeness (QED) is 0.887. The minimum atomic E-state index is 0.680. The van der Waals surface area contributed by atoms with Gasteiger partial charge in [0.2, 0.25) is 5.95 Å². The SMILES string of the molecule is COCCn1cc(C)nc1NCc1ccccc1Br. The highest BCUT2D eigenvalue weighted by Gasteiger charge is 2.06. The van der Waals surface area contributed by atoms with Gasteiger partial charge in [0, 0.05) is 30.9 Å². The lowest BCUT2D eigenvalue weighted by Crippen LogP contribution is -2.10. The number of halogens is 1. The number of nitrogens with one attached hydrogen (secondary N) is 1. The molecule has 1 aromatic carbocycles. The molecular weight excluding hydrogens is 306 g/mol. The number of aryl methyl sites for hydroxylation is 1. The third-order valence-electron chi connectivity index (χ3n) is 2.83. The van der Waals surface area contributed by atoms with Gasteiger partial charge in [-0.25, -0.2) is 4.98 Å². The van der Waals surface area contributed by atoms with Crippen LogP contribution in [0, 0.1) is 6.92 Å². The summed E-state index contributed by atoms with van der Waals surface area (Å²) in [7, 11) is 1.71. The summed E-state index contributed by atoms with van der Waals surface area (Å²) in [6.45, 7) is 4.22. The fraction of sp³-hybridized carbons (Fsp3) is 0.357. The Labute approximate surface area is 121 Å². The molecule has 1 heterocycles. The molecule has 5 heteroatoms. The van der Waals surface area contributed by atoms with E-state index >= 15 is 0 Å². The van der Waals surface area contributed by atoms with Gasteiger partial charge in [-0.3, -0.25) is 0 Å². The number of methoxy groups -OCH3 is 1. The second kappa shape index (κ2) is 6.73. The molecule has 0 saturated carbocycles. The Morgan fingerprint density at radius 2 is 2.16 bits per heavy atom. The van der Waals surface area contributed by atoms with Crippen LogP contribution in [0.25, 0.3) is 0 Å². The average Bonchev–Trinajstić information content (AvgIpc) is 2.76. The van der Waals surface area contributed by atoms with Crippen molar-refractivity contribution in [2.24, 2.45) is 0 Å². The molecule has 0 fully saturated rings. The summed E-state index contributed by atoms with van der Waals surface area (Å²) in [5.74, 6) is 0.880. The van der Waals surface area contributed by atoms with E-state index in [1.807, 2.05) is 31.3 Å². The summed E-state index contributed by atoms with van der Waals surface area (Å²) in [6, 6.07) is 8.17. The summed E-state index contributed by atoms with van der Waals surface area (Å²) in [4.78, 5) is 4.49. The first-order valence-electron chi connectivity index (χ1n) is 6.20. The van der Waals surface area contributed by atoms with Crippen LogP contribution in [0.5, 0.6) is 0 Å². The van der Waals surface area contributed by atoms with Crippen LogP contribution in [-0.4, -0.2) is 23.3 Å². The van der Waals surface area contributed by atoms with Crippen molar-refractivity contribution >= 4 is 21.9 Å². The van der Waals surface area contributed by atoms with Gasteiger partial charge in [-0.2, -0.15) is 0 Å². The number of nitrogens with zero attached hydrogens (tertiary/aromatic N) is 2. The van der Waals surface area contributed by atoms with E-state index in [1.54, 1.807) is 7.11 Å². The first kappa shape index (κ1) is 14.1. The van der Waals surface area contributed by atoms with E-state index in [-0.39, 0.29) is 0 Å². The molecule has 0 aliphatic heterocycles. The van der Waals surface area contributed by atoms with Gasteiger partial charge in [0.15, 0.2) is 0 Å². The molecule has 1 N–H and O–H groups in total. The maximum absolute atomic E-state index is 5.11. The van der Waals surface area contributed by atoms with Gasteiger partial charge in [0.05, 0.1) is 12.3 Å². The Morgan fingerprint density at radius 1 is 1.37 bits per heavy atom. The van der Waals surface area contributed by atoms with Gasteiger partial charge in [-0.15, -0.1) is 0 Å². The molecule has 102 valence electrons. The number of imidazole rings is 1. The lowest BCUT2D eigenvalue weighted by atomic mass is 10.2. The predicted octanol–water partition coefficient (Wildman–Crippen LogP) is 3.21. The summed E-state index contributed by atoms with van der Waals surface area (Å²) < 4.78 is 8.29. The summed E-state index contributed by atoms with van der Waals surface area (Å²) >= 11 is 3.55. The van der Waals surface area contributed by atoms with E-state index in [4.69, 9.17) is 4.74 Å². The van der Waals surface area contributed by atoms with Crippen LogP contribution >= 0.6 is 15.9 Å². The number of aromatic nitrogens is 2. The van der Waals surface area contributed by atoms with Crippen LogP contribution in [0.4, 0.5) is 5.95 Å². The molecule has 0 amide bonds. The van der Waals surface area contributed by atoms with E-state index in [0.717, 1.165) is 29.2 Å². The highest BCUT2D eigenvalue weighted by atomic mass is 79.9. The number of rotatable bonds is 6. The van der Waals surface area contributed by atoms with E-state index in [0.29, 0.717) is 6.61 Å². The van der Waals surface area contributed by atoms with Crippen molar-refractivity contribution in [1.29, 1.82) is 0 Å². The van der Waals surface area contributed by atoms with Crippen molar-refractivity contribution in [3.63, 3.8) is 0 Å². The van der Waals surface area contributed by atoms with Crippen LogP contribution in [0.2, 0.25) is 0 Å². The van der Waals surface area contributed by atoms with Crippen molar-refractivity contribution in [3.8, 4) is 0 Å². The van der Waals surface area contributed by atoms with Crippen molar-refractivity contribution in [2.45, 2.75) is 20.0 Å². The number of ether oxygens (including phenoxy) is 1. The van der Waals surface area contributed by atoms with E-state index in [9.17, 15) is 0 Å². The molecule has 0 radical (unpaired) electrons. The Kier molecular flexibility index (Phi) is 4.99. The molecule has 0 saturated heterocycles. The zero-order valence-corrected chi connectivity index (χ0v) is 12.8. The van der Waals surface area contributed by atoms with Crippen molar-refractivity contribution in [3.05, 3.63) is 46.2 Å². The molecule has 0 spiro atoms. The highest BCUT2D eigenvalue weighted by Crippen LogP contribution is 2.17. The van der Waals surface area contributed by atoms with Gasteiger partial charge in [0.25, 0.3) is 0 Å². The molecule has 19 heavy (non-hydrogen) atoms. The number of anilines is 1. The first-order valence-corrected chi connectivity index (χ1v) is 7.00. The predicted molar refractivity (Wildman–Crippen MR) is 80.3 cm³/mol. The van der Waals surface area contributed by atoms with Crippen LogP contribution in [0.15, 0.2) is 34.9 Å². The Balaban J connectivity index is 2.05. The van der Waals surface area contributed by atoms with Gasteiger partial charge in [0.1, 0.15) is 0 Å². The summed E-state index contributed by atoms with van der Waals surface area (Å²) in [6.07, 6.45) is 2.03. The van der Waals surface area contributed by atoms with Gasteiger partial charge < -0.3 is 14.6 Å². The average molecular weight is 324 g/mol. The van der Waals surface area contributed by atoms with Crippen molar-refractivity contribution < 1.29 is 4.74 Å². The maximum atomic E-state index is 5.11. The second-order valence-corrected chi connectivity index (χ2v) is 5.19. The van der Waals surface area contributed by atoms with Crippen molar-refractivity contribution in [2.75, 3.05) is 19.0 Å². The fourth-order valence-corrected chi connectivity index (χ4v) is 2.29. The number of hydrogen-bond donors (Lipinski definition) is 1. The lowest BCUT2D eigenvalue weighted by molar-refractivity contribution is 0.187. The topological polar surface area (TPSA) is 39.1 Å². The Morgan fingerprint density at radius 3 is 2.89 bits per heavy atom. The normalized spacial score (nSPS) is 10.7. The van der Waals surface area contributed by atoms with Gasteiger partial charge in [-0.1, -0.05) is 34.1 Å². The first-order chi connectivity index (χ1) is 9.20. The molecular formula is C14H18BrN3O. The Hall–Kier alpha value is -1.33. The van der Waals surface area contributed by atoms with Gasteiger partial charge >= 0.3 is 0 Å². The molecule has 0 bridgehead atoms. The standard InChI is InChI=1S/C14H18BrN3O/c1-11-10-18(7-8-19-2)14(17-11)16-9-12-5-3-4-6-13(12)15/h3-6,10H,7-9H2,1-2H3,(H,16,17). The zero-order valence-electron chi connectivity index (χ0n) is 11.2. The fourth-order valence-electron chi connectivity index (χ4n) is 1.86. The highest BCUT2D eigenvalue weighted by molar-refractivity contribution is 9.10.